The average molecular weight is 308 g/mol. The maximum atomic E-state index is 11.9. The molecule has 0 heterocycles. The molecule has 6 nitrogen and oxygen atoms in total. The molecule has 0 radical (unpaired) electrons. The van der Waals surface area contributed by atoms with Crippen LogP contribution >= 0.6 is 0 Å². The van der Waals surface area contributed by atoms with Gasteiger partial charge in [-0.1, -0.05) is 30.3 Å². The molecule has 1 aromatic carbocycles. The highest BCUT2D eigenvalue weighted by molar-refractivity contribution is 5.90. The van der Waals surface area contributed by atoms with E-state index in [2.05, 4.69) is 5.32 Å². The zero-order valence-corrected chi connectivity index (χ0v) is 12.7. The Labute approximate surface area is 130 Å². The topological polar surface area (TPSA) is 113 Å². The summed E-state index contributed by atoms with van der Waals surface area (Å²) in [4.78, 5) is 23.3. The molecule has 0 aliphatic carbocycles. The molecule has 0 saturated heterocycles. The highest BCUT2D eigenvalue weighted by Crippen LogP contribution is 2.06. The summed E-state index contributed by atoms with van der Waals surface area (Å²) in [5, 5.41) is 20.7. The highest BCUT2D eigenvalue weighted by Gasteiger charge is 2.25. The Morgan fingerprint density at radius 2 is 1.91 bits per heavy atom. The van der Waals surface area contributed by atoms with Crippen LogP contribution < -0.4 is 11.1 Å². The van der Waals surface area contributed by atoms with E-state index in [4.69, 9.17) is 10.8 Å². The lowest BCUT2D eigenvalue weighted by Gasteiger charge is -2.20. The summed E-state index contributed by atoms with van der Waals surface area (Å²) < 4.78 is 0. The van der Waals surface area contributed by atoms with Gasteiger partial charge in [0.1, 0.15) is 12.6 Å². The van der Waals surface area contributed by atoms with Gasteiger partial charge < -0.3 is 21.3 Å². The van der Waals surface area contributed by atoms with Gasteiger partial charge >= 0.3 is 0 Å². The summed E-state index contributed by atoms with van der Waals surface area (Å²) in [5.74, 6) is -1.03. The third-order valence-corrected chi connectivity index (χ3v) is 3.40. The molecule has 0 unspecified atom stereocenters. The Bertz CT molecular complexity index is 476. The third-order valence-electron chi connectivity index (χ3n) is 3.40. The van der Waals surface area contributed by atoms with Crippen molar-refractivity contribution in [1.82, 2.24) is 5.32 Å². The lowest BCUT2D eigenvalue weighted by molar-refractivity contribution is -0.132. The standard InChI is InChI=1S/C16H24N2O4/c1-11(20)16(14(21)10-19)18-15(22)9-13(17)8-7-12-5-3-2-4-6-12/h2-6,11,13,16,19-20H,7-10,17H2,1H3,(H,18,22)/t11-,13-,16+/m1/s1. The molecule has 22 heavy (non-hydrogen) atoms. The summed E-state index contributed by atoms with van der Waals surface area (Å²) in [6, 6.07) is 8.39. The molecule has 122 valence electrons. The second-order valence-corrected chi connectivity index (χ2v) is 5.40. The van der Waals surface area contributed by atoms with E-state index >= 15 is 0 Å². The second kappa shape index (κ2) is 9.30. The van der Waals surface area contributed by atoms with E-state index in [0.29, 0.717) is 6.42 Å². The monoisotopic (exact) mass is 308 g/mol. The summed E-state index contributed by atoms with van der Waals surface area (Å²) in [5.41, 5.74) is 7.07. The molecule has 0 fully saturated rings. The molecule has 0 saturated carbocycles. The van der Waals surface area contributed by atoms with Crippen molar-refractivity contribution in [2.24, 2.45) is 5.73 Å². The number of carbonyl (C=O) groups excluding carboxylic acids is 2. The van der Waals surface area contributed by atoms with Crippen LogP contribution in [0.1, 0.15) is 25.3 Å². The zero-order chi connectivity index (χ0) is 16.5. The van der Waals surface area contributed by atoms with E-state index in [1.54, 1.807) is 0 Å². The molecule has 0 aliphatic heterocycles. The van der Waals surface area contributed by atoms with E-state index < -0.39 is 30.4 Å². The second-order valence-electron chi connectivity index (χ2n) is 5.40. The summed E-state index contributed by atoms with van der Waals surface area (Å²) in [7, 11) is 0. The zero-order valence-electron chi connectivity index (χ0n) is 12.7. The van der Waals surface area contributed by atoms with Crippen molar-refractivity contribution in [3.05, 3.63) is 35.9 Å². The SMILES string of the molecule is C[C@@H](O)[C@H](NC(=O)C[C@H](N)CCc1ccccc1)C(=O)CO. The number of nitrogens with two attached hydrogens (primary N) is 1. The number of aliphatic hydroxyl groups is 2. The third kappa shape index (κ3) is 6.34. The Hall–Kier alpha value is -1.76. The van der Waals surface area contributed by atoms with E-state index in [9.17, 15) is 14.7 Å². The number of ketones is 1. The van der Waals surface area contributed by atoms with Crippen molar-refractivity contribution in [2.45, 2.75) is 44.4 Å². The molecule has 1 aromatic rings. The minimum atomic E-state index is -1.10. The van der Waals surface area contributed by atoms with Crippen molar-refractivity contribution in [1.29, 1.82) is 0 Å². The largest absolute Gasteiger partial charge is 0.391 e. The van der Waals surface area contributed by atoms with Crippen molar-refractivity contribution in [3.8, 4) is 0 Å². The average Bonchev–Trinajstić information content (AvgIpc) is 2.50. The number of carbonyl (C=O) groups is 2. The first kappa shape index (κ1) is 18.3. The Balaban J connectivity index is 2.41. The number of amides is 1. The Morgan fingerprint density at radius 3 is 2.45 bits per heavy atom. The molecular formula is C16H24N2O4. The van der Waals surface area contributed by atoms with Gasteiger partial charge in [-0.25, -0.2) is 0 Å². The van der Waals surface area contributed by atoms with E-state index in [0.717, 1.165) is 12.0 Å². The fourth-order valence-corrected chi connectivity index (χ4v) is 2.14. The van der Waals surface area contributed by atoms with Gasteiger partial charge in [0.05, 0.1) is 6.10 Å². The lowest BCUT2D eigenvalue weighted by Crippen LogP contribution is -2.49. The molecule has 3 atom stereocenters. The summed E-state index contributed by atoms with van der Waals surface area (Å²) >= 11 is 0. The number of rotatable bonds is 9. The van der Waals surface area contributed by atoms with Crippen LogP contribution in [0.5, 0.6) is 0 Å². The minimum Gasteiger partial charge on any atom is -0.391 e. The number of Topliss-reactive ketones (excluding diaryl/α,β-unsaturated/α-hetero) is 1. The fraction of sp³-hybridized carbons (Fsp3) is 0.500. The van der Waals surface area contributed by atoms with Gasteiger partial charge in [0.2, 0.25) is 5.91 Å². The van der Waals surface area contributed by atoms with Crippen molar-refractivity contribution in [3.63, 3.8) is 0 Å². The van der Waals surface area contributed by atoms with Gasteiger partial charge in [0, 0.05) is 12.5 Å². The number of hydrogen-bond donors (Lipinski definition) is 4. The van der Waals surface area contributed by atoms with Gasteiger partial charge in [0.25, 0.3) is 0 Å². The Morgan fingerprint density at radius 1 is 1.27 bits per heavy atom. The first-order valence-corrected chi connectivity index (χ1v) is 7.34. The predicted molar refractivity (Wildman–Crippen MR) is 83.1 cm³/mol. The van der Waals surface area contributed by atoms with Crippen LogP contribution in [0.25, 0.3) is 0 Å². The number of aryl methyl sites for hydroxylation is 1. The maximum absolute atomic E-state index is 11.9. The number of benzene rings is 1. The molecule has 6 heteroatoms. The molecule has 0 aliphatic rings. The molecular weight excluding hydrogens is 284 g/mol. The molecule has 1 amide bonds. The van der Waals surface area contributed by atoms with Gasteiger partial charge in [-0.2, -0.15) is 0 Å². The van der Waals surface area contributed by atoms with Gasteiger partial charge in [-0.05, 0) is 25.3 Å². The normalized spacial score (nSPS) is 14.9. The van der Waals surface area contributed by atoms with Crippen LogP contribution in [0.4, 0.5) is 0 Å². The van der Waals surface area contributed by atoms with E-state index in [1.165, 1.54) is 6.92 Å². The first-order chi connectivity index (χ1) is 10.4. The quantitative estimate of drug-likeness (QED) is 0.503. The molecule has 0 spiro atoms. The van der Waals surface area contributed by atoms with Crippen LogP contribution in [0.3, 0.4) is 0 Å². The highest BCUT2D eigenvalue weighted by atomic mass is 16.3. The number of nitrogens with one attached hydrogen (secondary N) is 1. The minimum absolute atomic E-state index is 0.0642. The number of hydrogen-bond acceptors (Lipinski definition) is 5. The van der Waals surface area contributed by atoms with Gasteiger partial charge in [-0.3, -0.25) is 9.59 Å². The van der Waals surface area contributed by atoms with Crippen LogP contribution in [0.2, 0.25) is 0 Å². The van der Waals surface area contributed by atoms with Crippen LogP contribution in [0, 0.1) is 0 Å². The Kier molecular flexibility index (Phi) is 7.73. The van der Waals surface area contributed by atoms with Crippen molar-refractivity contribution < 1.29 is 19.8 Å². The van der Waals surface area contributed by atoms with Crippen molar-refractivity contribution in [2.75, 3.05) is 6.61 Å². The maximum Gasteiger partial charge on any atom is 0.222 e. The summed E-state index contributed by atoms with van der Waals surface area (Å²) in [6.07, 6.45) is 0.411. The van der Waals surface area contributed by atoms with E-state index in [1.807, 2.05) is 30.3 Å². The van der Waals surface area contributed by atoms with E-state index in [-0.39, 0.29) is 12.5 Å². The van der Waals surface area contributed by atoms with Crippen LogP contribution in [-0.2, 0) is 16.0 Å². The summed E-state index contributed by atoms with van der Waals surface area (Å²) in [6.45, 7) is 0.656. The molecule has 1 rings (SSSR count). The van der Waals surface area contributed by atoms with Crippen LogP contribution in [0.15, 0.2) is 30.3 Å². The molecule has 0 bridgehead atoms. The number of aliphatic hydroxyl groups excluding tert-OH is 2. The lowest BCUT2D eigenvalue weighted by atomic mass is 10.0. The van der Waals surface area contributed by atoms with Crippen molar-refractivity contribution >= 4 is 11.7 Å². The smallest absolute Gasteiger partial charge is 0.222 e. The van der Waals surface area contributed by atoms with Crippen LogP contribution in [-0.4, -0.2) is 46.7 Å². The molecule has 0 aromatic heterocycles. The fourth-order valence-electron chi connectivity index (χ4n) is 2.14. The predicted octanol–water partition coefficient (Wildman–Crippen LogP) is -0.236. The molecule has 5 N–H and O–H groups in total. The first-order valence-electron chi connectivity index (χ1n) is 7.34. The van der Waals surface area contributed by atoms with Gasteiger partial charge in [-0.15, -0.1) is 0 Å². The van der Waals surface area contributed by atoms with Gasteiger partial charge in [0.15, 0.2) is 5.78 Å².